The maximum Gasteiger partial charge on any atom is 0.338 e. The van der Waals surface area contributed by atoms with Crippen LogP contribution < -0.4 is 5.32 Å². The monoisotopic (exact) mass is 418 g/mol. The van der Waals surface area contributed by atoms with Gasteiger partial charge >= 0.3 is 5.97 Å². The fourth-order valence-corrected chi connectivity index (χ4v) is 3.05. The number of nitro groups is 1. The van der Waals surface area contributed by atoms with Crippen molar-refractivity contribution in [2.75, 3.05) is 11.9 Å². The van der Waals surface area contributed by atoms with Gasteiger partial charge in [-0.3, -0.25) is 14.9 Å². The Morgan fingerprint density at radius 3 is 2.21 bits per heavy atom. The Morgan fingerprint density at radius 2 is 1.69 bits per heavy atom. The average molecular weight is 419 g/mol. The minimum atomic E-state index is -0.846. The highest BCUT2D eigenvalue weighted by Gasteiger charge is 2.19. The number of nitrogens with zero attached hydrogens (tertiary/aromatic N) is 1. The van der Waals surface area contributed by atoms with E-state index < -0.39 is 29.1 Å². The molecule has 0 aliphatic carbocycles. The molecule has 0 atom stereocenters. The highest BCUT2D eigenvalue weighted by Crippen LogP contribution is 2.32. The van der Waals surface area contributed by atoms with Crippen LogP contribution in [0.2, 0.25) is 5.02 Å². The van der Waals surface area contributed by atoms with E-state index in [1.54, 1.807) is 0 Å². The number of rotatable bonds is 7. The van der Waals surface area contributed by atoms with Crippen molar-refractivity contribution in [2.24, 2.45) is 0 Å². The summed E-state index contributed by atoms with van der Waals surface area (Å²) in [6, 6.07) is 9.42. The minimum Gasteiger partial charge on any atom is -0.452 e. The van der Waals surface area contributed by atoms with Gasteiger partial charge in [0.2, 0.25) is 0 Å². The standard InChI is InChI=1S/C21H23ClN2O5/c1-12(2)15-6-5-7-16(13(3)4)20(15)23-19(25)11-29-21(26)14-8-9-17(22)18(10-14)24(27)28/h5-10,12-13H,11H2,1-4H3,(H,23,25). The quantitative estimate of drug-likeness (QED) is 0.374. The molecule has 1 N–H and O–H groups in total. The molecular formula is C21H23ClN2O5. The summed E-state index contributed by atoms with van der Waals surface area (Å²) in [5, 5.41) is 13.7. The molecule has 0 unspecified atom stereocenters. The van der Waals surface area contributed by atoms with Gasteiger partial charge in [0.1, 0.15) is 5.02 Å². The van der Waals surface area contributed by atoms with Crippen LogP contribution in [0.5, 0.6) is 0 Å². The van der Waals surface area contributed by atoms with Crippen molar-refractivity contribution in [3.63, 3.8) is 0 Å². The predicted octanol–water partition coefficient (Wildman–Crippen LogP) is 5.29. The zero-order valence-electron chi connectivity index (χ0n) is 16.7. The fraction of sp³-hybridized carbons (Fsp3) is 0.333. The number of carbonyl (C=O) groups is 2. The first-order valence-electron chi connectivity index (χ1n) is 9.15. The summed E-state index contributed by atoms with van der Waals surface area (Å²) >= 11 is 5.74. The van der Waals surface area contributed by atoms with Crippen molar-refractivity contribution >= 4 is 34.9 Å². The molecule has 0 saturated heterocycles. The van der Waals surface area contributed by atoms with E-state index in [1.807, 2.05) is 45.9 Å². The lowest BCUT2D eigenvalue weighted by Crippen LogP contribution is -2.22. The van der Waals surface area contributed by atoms with Crippen molar-refractivity contribution in [1.29, 1.82) is 0 Å². The molecule has 0 bridgehead atoms. The van der Waals surface area contributed by atoms with E-state index in [0.29, 0.717) is 0 Å². The van der Waals surface area contributed by atoms with E-state index >= 15 is 0 Å². The molecule has 0 spiro atoms. The average Bonchev–Trinajstić information content (AvgIpc) is 2.65. The van der Waals surface area contributed by atoms with Gasteiger partial charge in [-0.05, 0) is 35.1 Å². The number of hydrogen-bond acceptors (Lipinski definition) is 5. The van der Waals surface area contributed by atoms with Gasteiger partial charge in [-0.25, -0.2) is 4.79 Å². The second-order valence-corrected chi connectivity index (χ2v) is 7.58. The summed E-state index contributed by atoms with van der Waals surface area (Å²) in [6.45, 7) is 7.61. The van der Waals surface area contributed by atoms with Crippen LogP contribution in [-0.4, -0.2) is 23.4 Å². The van der Waals surface area contributed by atoms with Crippen molar-refractivity contribution in [3.05, 3.63) is 68.2 Å². The van der Waals surface area contributed by atoms with Crippen LogP contribution in [0, 0.1) is 10.1 Å². The Hall–Kier alpha value is -2.93. The van der Waals surface area contributed by atoms with Gasteiger partial charge in [-0.2, -0.15) is 0 Å². The van der Waals surface area contributed by atoms with E-state index in [-0.39, 0.29) is 22.4 Å². The van der Waals surface area contributed by atoms with E-state index in [0.717, 1.165) is 22.9 Å². The van der Waals surface area contributed by atoms with Crippen LogP contribution in [-0.2, 0) is 9.53 Å². The topological polar surface area (TPSA) is 98.5 Å². The molecule has 7 nitrogen and oxygen atoms in total. The molecule has 1 amide bonds. The Balaban J connectivity index is 2.12. The summed E-state index contributed by atoms with van der Waals surface area (Å²) in [5.41, 5.74) is 2.24. The van der Waals surface area contributed by atoms with Crippen molar-refractivity contribution in [3.8, 4) is 0 Å². The predicted molar refractivity (Wildman–Crippen MR) is 112 cm³/mol. The fourth-order valence-electron chi connectivity index (χ4n) is 2.86. The SMILES string of the molecule is CC(C)c1cccc(C(C)C)c1NC(=O)COC(=O)c1ccc(Cl)c([N+](=O)[O-])c1. The third-order valence-corrected chi connectivity index (χ3v) is 4.67. The third-order valence-electron chi connectivity index (χ3n) is 4.35. The molecule has 0 fully saturated rings. The summed E-state index contributed by atoms with van der Waals surface area (Å²) < 4.78 is 5.02. The first-order valence-corrected chi connectivity index (χ1v) is 9.53. The zero-order valence-corrected chi connectivity index (χ0v) is 17.4. The molecule has 0 saturated carbocycles. The van der Waals surface area contributed by atoms with E-state index in [1.165, 1.54) is 12.1 Å². The smallest absolute Gasteiger partial charge is 0.338 e. The highest BCUT2D eigenvalue weighted by molar-refractivity contribution is 6.32. The lowest BCUT2D eigenvalue weighted by atomic mass is 9.92. The largest absolute Gasteiger partial charge is 0.452 e. The molecule has 29 heavy (non-hydrogen) atoms. The number of nitrogens with one attached hydrogen (secondary N) is 1. The second-order valence-electron chi connectivity index (χ2n) is 7.17. The van der Waals surface area contributed by atoms with Crippen LogP contribution in [0.25, 0.3) is 0 Å². The summed E-state index contributed by atoms with van der Waals surface area (Å²) in [5.74, 6) is -0.944. The molecule has 0 aliphatic rings. The summed E-state index contributed by atoms with van der Waals surface area (Å²) in [7, 11) is 0. The Kier molecular flexibility index (Phi) is 7.34. The highest BCUT2D eigenvalue weighted by atomic mass is 35.5. The summed E-state index contributed by atoms with van der Waals surface area (Å²) in [4.78, 5) is 34.8. The molecule has 2 aromatic rings. The van der Waals surface area contributed by atoms with Gasteiger partial charge in [0.15, 0.2) is 6.61 Å². The molecule has 0 heterocycles. The summed E-state index contributed by atoms with van der Waals surface area (Å²) in [6.07, 6.45) is 0. The van der Waals surface area contributed by atoms with Gasteiger partial charge in [0.25, 0.3) is 11.6 Å². The Labute approximate surface area is 174 Å². The van der Waals surface area contributed by atoms with Crippen LogP contribution in [0.4, 0.5) is 11.4 Å². The lowest BCUT2D eigenvalue weighted by Gasteiger charge is -2.20. The number of hydrogen-bond donors (Lipinski definition) is 1. The van der Waals surface area contributed by atoms with Crippen LogP contribution >= 0.6 is 11.6 Å². The number of nitro benzene ring substituents is 1. The first kappa shape index (κ1) is 22.4. The number of ether oxygens (including phenoxy) is 1. The Morgan fingerprint density at radius 1 is 1.10 bits per heavy atom. The van der Waals surface area contributed by atoms with Crippen molar-refractivity contribution in [1.82, 2.24) is 0 Å². The number of carbonyl (C=O) groups excluding carboxylic acids is 2. The second kappa shape index (κ2) is 9.52. The van der Waals surface area contributed by atoms with Gasteiger partial charge in [0, 0.05) is 11.8 Å². The van der Waals surface area contributed by atoms with Gasteiger partial charge in [-0.1, -0.05) is 57.5 Å². The van der Waals surface area contributed by atoms with Gasteiger partial charge in [0.05, 0.1) is 10.5 Å². The maximum absolute atomic E-state index is 12.4. The molecule has 154 valence electrons. The van der Waals surface area contributed by atoms with Gasteiger partial charge < -0.3 is 10.1 Å². The molecule has 0 radical (unpaired) electrons. The zero-order chi connectivity index (χ0) is 21.7. The van der Waals surface area contributed by atoms with E-state index in [4.69, 9.17) is 16.3 Å². The van der Waals surface area contributed by atoms with Gasteiger partial charge in [-0.15, -0.1) is 0 Å². The van der Waals surface area contributed by atoms with Crippen molar-refractivity contribution < 1.29 is 19.2 Å². The number of amides is 1. The van der Waals surface area contributed by atoms with Crippen LogP contribution in [0.3, 0.4) is 0 Å². The Bertz CT molecular complexity index is 914. The molecular weight excluding hydrogens is 396 g/mol. The van der Waals surface area contributed by atoms with Crippen molar-refractivity contribution in [2.45, 2.75) is 39.5 Å². The number of esters is 1. The van der Waals surface area contributed by atoms with E-state index in [9.17, 15) is 19.7 Å². The lowest BCUT2D eigenvalue weighted by molar-refractivity contribution is -0.384. The number of para-hydroxylation sites is 1. The maximum atomic E-state index is 12.4. The normalized spacial score (nSPS) is 10.9. The van der Waals surface area contributed by atoms with E-state index in [2.05, 4.69) is 5.32 Å². The number of anilines is 1. The third kappa shape index (κ3) is 5.54. The molecule has 2 rings (SSSR count). The van der Waals surface area contributed by atoms with Crippen LogP contribution in [0.1, 0.15) is 61.0 Å². The molecule has 8 heteroatoms. The van der Waals surface area contributed by atoms with Crippen LogP contribution in [0.15, 0.2) is 36.4 Å². The number of halogens is 1. The minimum absolute atomic E-state index is 0.0562. The molecule has 2 aromatic carbocycles. The first-order chi connectivity index (χ1) is 13.6. The molecule has 0 aromatic heterocycles. The molecule has 0 aliphatic heterocycles. The number of benzene rings is 2.